The summed E-state index contributed by atoms with van der Waals surface area (Å²) in [5.41, 5.74) is 3.60. The van der Waals surface area contributed by atoms with Crippen LogP contribution in [0, 0.1) is 10.5 Å². The van der Waals surface area contributed by atoms with Gasteiger partial charge in [0.2, 0.25) is 0 Å². The second-order valence-electron chi connectivity index (χ2n) is 9.55. The Bertz CT molecular complexity index is 1680. The maximum absolute atomic E-state index is 13.8. The predicted molar refractivity (Wildman–Crippen MR) is 168 cm³/mol. The van der Waals surface area contributed by atoms with Crippen LogP contribution < -0.4 is 19.8 Å². The Hall–Kier alpha value is -3.93. The number of hydrogen-bond donors (Lipinski definition) is 1. The Kier molecular flexibility index (Phi) is 9.64. The number of nitrogens with zero attached hydrogens (tertiary/aromatic N) is 3. The van der Waals surface area contributed by atoms with Gasteiger partial charge in [-0.2, -0.15) is 9.78 Å². The summed E-state index contributed by atoms with van der Waals surface area (Å²) in [7, 11) is 0. The summed E-state index contributed by atoms with van der Waals surface area (Å²) in [5.74, 6) is 1.04. The van der Waals surface area contributed by atoms with Crippen LogP contribution in [-0.2, 0) is 4.79 Å². The van der Waals surface area contributed by atoms with Gasteiger partial charge in [-0.1, -0.05) is 26.0 Å². The third kappa shape index (κ3) is 6.70. The number of carbonyl (C=O) groups is 1. The molecule has 1 N–H and O–H groups in total. The maximum atomic E-state index is 13.8. The van der Waals surface area contributed by atoms with Crippen molar-refractivity contribution < 1.29 is 24.1 Å². The van der Waals surface area contributed by atoms with Gasteiger partial charge >= 0.3 is 5.97 Å². The highest BCUT2D eigenvalue weighted by Gasteiger charge is 2.19. The first-order chi connectivity index (χ1) is 19.6. The fourth-order valence-corrected chi connectivity index (χ4v) is 5.18. The smallest absolute Gasteiger partial charge is 0.341 e. The van der Waals surface area contributed by atoms with E-state index in [-0.39, 0.29) is 11.5 Å². The van der Waals surface area contributed by atoms with Crippen molar-refractivity contribution in [2.75, 3.05) is 19.8 Å². The van der Waals surface area contributed by atoms with Crippen LogP contribution in [0.15, 0.2) is 58.4 Å². The number of ether oxygens (including phenoxy) is 3. The molecule has 3 aromatic carbocycles. The topological polar surface area (TPSA) is 112 Å². The first kappa shape index (κ1) is 30.0. The second-order valence-corrected chi connectivity index (χ2v) is 10.7. The molecule has 1 heterocycles. The normalized spacial score (nSPS) is 11.4. The molecular weight excluding hydrogens is 637 g/mol. The highest BCUT2D eigenvalue weighted by atomic mass is 127. The van der Waals surface area contributed by atoms with Gasteiger partial charge in [0.05, 0.1) is 33.9 Å². The number of aromatic nitrogens is 2. The Balaban J connectivity index is 1.90. The fraction of sp³-hybridized carbons (Fsp3) is 0.290. The van der Waals surface area contributed by atoms with Crippen molar-refractivity contribution in [2.45, 2.75) is 40.5 Å². The lowest BCUT2D eigenvalue weighted by molar-refractivity contribution is -0.139. The quantitative estimate of drug-likeness (QED) is 0.149. The van der Waals surface area contributed by atoms with Crippen molar-refractivity contribution >= 4 is 45.7 Å². The van der Waals surface area contributed by atoms with Crippen molar-refractivity contribution in [1.29, 1.82) is 0 Å². The third-order valence-electron chi connectivity index (χ3n) is 6.27. The number of aliphatic carboxylic acids is 1. The Morgan fingerprint density at radius 3 is 2.46 bits per heavy atom. The van der Waals surface area contributed by atoms with E-state index in [9.17, 15) is 9.59 Å². The molecular formula is C31H32IN3O6. The summed E-state index contributed by atoms with van der Waals surface area (Å²) in [6, 6.07) is 14.7. The van der Waals surface area contributed by atoms with Gasteiger partial charge in [0, 0.05) is 5.56 Å². The van der Waals surface area contributed by atoms with E-state index < -0.39 is 12.6 Å². The molecule has 1 aromatic heterocycles. The van der Waals surface area contributed by atoms with Crippen molar-refractivity contribution in [3.8, 4) is 28.6 Å². The zero-order valence-electron chi connectivity index (χ0n) is 23.6. The summed E-state index contributed by atoms with van der Waals surface area (Å²) in [6.45, 7) is 10.3. The molecule has 0 unspecified atom stereocenters. The number of para-hydroxylation sites is 1. The van der Waals surface area contributed by atoms with E-state index >= 15 is 0 Å². The highest BCUT2D eigenvalue weighted by molar-refractivity contribution is 14.1. The van der Waals surface area contributed by atoms with Crippen molar-refractivity contribution in [1.82, 2.24) is 9.66 Å². The van der Waals surface area contributed by atoms with E-state index in [1.165, 1.54) is 4.68 Å². The fourth-order valence-electron chi connectivity index (χ4n) is 4.40. The van der Waals surface area contributed by atoms with Crippen LogP contribution >= 0.6 is 22.6 Å². The lowest BCUT2D eigenvalue weighted by Crippen LogP contribution is -2.21. The third-order valence-corrected chi connectivity index (χ3v) is 7.07. The highest BCUT2D eigenvalue weighted by Crippen LogP contribution is 2.35. The van der Waals surface area contributed by atoms with Gasteiger partial charge in [0.1, 0.15) is 5.75 Å². The molecule has 0 aliphatic carbocycles. The zero-order chi connectivity index (χ0) is 29.7. The SMILES string of the molecule is CCOc1cc(C)c(-c2nc3ccccc3c(=O)n2N=Cc2cc(I)c(OCC(=O)O)c(OCC)c2)cc1C(C)C. The van der Waals surface area contributed by atoms with E-state index in [1.807, 2.05) is 45.0 Å². The summed E-state index contributed by atoms with van der Waals surface area (Å²) in [4.78, 5) is 29.7. The molecule has 0 amide bonds. The van der Waals surface area contributed by atoms with Crippen LogP contribution in [0.4, 0.5) is 0 Å². The molecule has 0 atom stereocenters. The van der Waals surface area contributed by atoms with Crippen LogP contribution in [0.25, 0.3) is 22.3 Å². The number of rotatable bonds is 11. The van der Waals surface area contributed by atoms with Crippen LogP contribution in [0.5, 0.6) is 17.2 Å². The summed E-state index contributed by atoms with van der Waals surface area (Å²) in [5, 5.41) is 14.1. The minimum absolute atomic E-state index is 0.181. The Labute approximate surface area is 251 Å². The zero-order valence-corrected chi connectivity index (χ0v) is 25.8. The molecule has 0 bridgehead atoms. The van der Waals surface area contributed by atoms with Crippen LogP contribution in [0.3, 0.4) is 0 Å². The van der Waals surface area contributed by atoms with Gasteiger partial charge in [-0.25, -0.2) is 9.78 Å². The van der Waals surface area contributed by atoms with Gasteiger partial charge in [-0.15, -0.1) is 0 Å². The number of carboxylic acid groups (broad SMARTS) is 1. The summed E-state index contributed by atoms with van der Waals surface area (Å²) < 4.78 is 19.1. The van der Waals surface area contributed by atoms with Crippen molar-refractivity contribution in [3.63, 3.8) is 0 Å². The van der Waals surface area contributed by atoms with Crippen molar-refractivity contribution in [3.05, 3.63) is 79.1 Å². The Morgan fingerprint density at radius 2 is 1.78 bits per heavy atom. The van der Waals surface area contributed by atoms with Crippen LogP contribution in [0.1, 0.15) is 50.3 Å². The molecule has 9 nitrogen and oxygen atoms in total. The molecule has 10 heteroatoms. The number of aryl methyl sites for hydroxylation is 1. The van der Waals surface area contributed by atoms with E-state index in [2.05, 4.69) is 41.5 Å². The average molecular weight is 670 g/mol. The second kappa shape index (κ2) is 13.2. The molecule has 0 spiro atoms. The van der Waals surface area contributed by atoms with Gasteiger partial charge in [-0.05, 0) is 102 Å². The minimum atomic E-state index is -1.09. The number of carboxylic acids is 1. The molecule has 0 radical (unpaired) electrons. The minimum Gasteiger partial charge on any atom is -0.494 e. The molecule has 41 heavy (non-hydrogen) atoms. The van der Waals surface area contributed by atoms with E-state index in [1.54, 1.807) is 30.5 Å². The van der Waals surface area contributed by atoms with Gasteiger partial charge in [-0.3, -0.25) is 4.79 Å². The van der Waals surface area contributed by atoms with Gasteiger partial charge in [0.15, 0.2) is 23.9 Å². The monoisotopic (exact) mass is 669 g/mol. The van der Waals surface area contributed by atoms with Crippen LogP contribution in [-0.4, -0.2) is 46.8 Å². The first-order valence-electron chi connectivity index (χ1n) is 13.3. The lowest BCUT2D eigenvalue weighted by atomic mass is 9.96. The average Bonchev–Trinajstić information content (AvgIpc) is 2.92. The standard InChI is InChI=1S/C31H32IN3O6/c1-6-39-26-12-19(5)23(15-22(26)18(3)4)30-34-25-11-9-8-10-21(25)31(38)35(30)33-16-20-13-24(32)29(41-17-28(36)37)27(14-20)40-7-2/h8-16,18H,6-7,17H2,1-5H3,(H,36,37). The molecule has 0 saturated heterocycles. The molecule has 0 saturated carbocycles. The van der Waals surface area contributed by atoms with Gasteiger partial charge in [0.25, 0.3) is 5.56 Å². The molecule has 0 aliphatic rings. The van der Waals surface area contributed by atoms with Crippen LogP contribution in [0.2, 0.25) is 0 Å². The molecule has 4 aromatic rings. The number of benzene rings is 3. The maximum Gasteiger partial charge on any atom is 0.341 e. The van der Waals surface area contributed by atoms with E-state index in [0.717, 1.165) is 22.4 Å². The molecule has 0 aliphatic heterocycles. The number of halogens is 1. The Morgan fingerprint density at radius 1 is 1.07 bits per heavy atom. The summed E-state index contributed by atoms with van der Waals surface area (Å²) in [6.07, 6.45) is 1.56. The predicted octanol–water partition coefficient (Wildman–Crippen LogP) is 6.24. The molecule has 4 rings (SSSR count). The van der Waals surface area contributed by atoms with Crippen molar-refractivity contribution in [2.24, 2.45) is 5.10 Å². The van der Waals surface area contributed by atoms with E-state index in [4.69, 9.17) is 24.3 Å². The largest absolute Gasteiger partial charge is 0.494 e. The first-order valence-corrected chi connectivity index (χ1v) is 14.4. The van der Waals surface area contributed by atoms with E-state index in [0.29, 0.717) is 50.6 Å². The number of hydrogen-bond acceptors (Lipinski definition) is 7. The van der Waals surface area contributed by atoms with Gasteiger partial charge < -0.3 is 19.3 Å². The molecule has 0 fully saturated rings. The molecule has 214 valence electrons. The number of fused-ring (bicyclic) bond motifs is 1. The summed E-state index contributed by atoms with van der Waals surface area (Å²) >= 11 is 2.06. The lowest BCUT2D eigenvalue weighted by Gasteiger charge is -2.18.